The minimum Gasteiger partial charge on any atom is -0.464 e. The van der Waals surface area contributed by atoms with Gasteiger partial charge in [0.1, 0.15) is 16.2 Å². The zero-order chi connectivity index (χ0) is 20.6. The molecule has 0 N–H and O–H groups in total. The summed E-state index contributed by atoms with van der Waals surface area (Å²) in [5.41, 5.74) is 2.83. The number of carbonyl (C=O) groups is 1. The molecule has 0 amide bonds. The Labute approximate surface area is 169 Å². The number of carbonyl (C=O) groups excluding carboxylic acids is 1. The predicted octanol–water partition coefficient (Wildman–Crippen LogP) is 4.60. The fourth-order valence-electron chi connectivity index (χ4n) is 3.56. The van der Waals surface area contributed by atoms with Crippen molar-refractivity contribution in [1.82, 2.24) is 9.55 Å². The molecule has 0 unspecified atom stereocenters. The Morgan fingerprint density at radius 1 is 1.21 bits per heavy atom. The molecule has 0 bridgehead atoms. The number of esters is 1. The number of aryl methyl sites for hydroxylation is 3. The normalized spacial score (nSPS) is 11.8. The fourth-order valence-corrected chi connectivity index (χ4v) is 4.51. The molecule has 0 atom stereocenters. The van der Waals surface area contributed by atoms with Gasteiger partial charge in [0.05, 0.1) is 12.0 Å². The highest BCUT2D eigenvalue weighted by molar-refractivity contribution is 7.17. The van der Waals surface area contributed by atoms with Gasteiger partial charge >= 0.3 is 5.97 Å². The van der Waals surface area contributed by atoms with Gasteiger partial charge < -0.3 is 4.74 Å². The van der Waals surface area contributed by atoms with Gasteiger partial charge in [-0.3, -0.25) is 9.36 Å². The molecule has 148 valence electrons. The van der Waals surface area contributed by atoms with Gasteiger partial charge in [-0.1, -0.05) is 30.7 Å². The van der Waals surface area contributed by atoms with Crippen molar-refractivity contribution in [3.05, 3.63) is 50.9 Å². The highest BCUT2D eigenvalue weighted by Gasteiger charge is 2.35. The molecular weight excluding hydrogens is 372 g/mol. The topological polar surface area (TPSA) is 61.2 Å². The van der Waals surface area contributed by atoms with Crippen LogP contribution in [0.2, 0.25) is 0 Å². The van der Waals surface area contributed by atoms with Crippen LogP contribution in [0.15, 0.2) is 28.4 Å². The van der Waals surface area contributed by atoms with Gasteiger partial charge in [-0.05, 0) is 45.7 Å². The molecule has 0 spiro atoms. The molecule has 0 fully saturated rings. The van der Waals surface area contributed by atoms with E-state index in [0.717, 1.165) is 16.7 Å². The van der Waals surface area contributed by atoms with Crippen LogP contribution in [-0.2, 0) is 21.5 Å². The smallest absolute Gasteiger partial charge is 0.331 e. The number of nitrogens with zero attached hydrogens (tertiary/aromatic N) is 2. The first-order chi connectivity index (χ1) is 13.2. The number of hydrogen-bond acceptors (Lipinski definition) is 5. The Hall–Kier alpha value is -2.47. The minimum atomic E-state index is -1.14. The molecule has 3 rings (SSSR count). The standard InChI is InChI=1S/C22H26N2O3S/c1-7-17-23-19-18(20(25)24(17)22(5,6)21(26)27-8-2)16(12-28-19)15-10-9-13(3)11-14(15)4/h9-12H,7-8H2,1-6H3. The molecule has 2 heterocycles. The van der Waals surface area contributed by atoms with Crippen molar-refractivity contribution in [2.75, 3.05) is 6.61 Å². The van der Waals surface area contributed by atoms with Gasteiger partial charge in [-0.15, -0.1) is 11.3 Å². The lowest BCUT2D eigenvalue weighted by atomic mass is 9.98. The lowest BCUT2D eigenvalue weighted by molar-refractivity contribution is -0.152. The van der Waals surface area contributed by atoms with Crippen molar-refractivity contribution in [3.8, 4) is 11.1 Å². The van der Waals surface area contributed by atoms with Crippen LogP contribution >= 0.6 is 11.3 Å². The van der Waals surface area contributed by atoms with Crippen LogP contribution < -0.4 is 5.56 Å². The Morgan fingerprint density at radius 3 is 2.54 bits per heavy atom. The number of ether oxygens (including phenoxy) is 1. The number of fused-ring (bicyclic) bond motifs is 1. The summed E-state index contributed by atoms with van der Waals surface area (Å²) in [4.78, 5) is 31.7. The van der Waals surface area contributed by atoms with E-state index in [1.807, 2.05) is 38.3 Å². The molecule has 6 heteroatoms. The second kappa shape index (κ2) is 7.51. The third-order valence-corrected chi connectivity index (χ3v) is 5.87. The van der Waals surface area contributed by atoms with Crippen molar-refractivity contribution >= 4 is 27.5 Å². The van der Waals surface area contributed by atoms with Crippen LogP contribution in [0.25, 0.3) is 21.3 Å². The Kier molecular flexibility index (Phi) is 5.44. The Morgan fingerprint density at radius 2 is 1.93 bits per heavy atom. The third-order valence-electron chi connectivity index (χ3n) is 5.00. The molecule has 5 nitrogen and oxygen atoms in total. The second-order valence-electron chi connectivity index (χ2n) is 7.45. The van der Waals surface area contributed by atoms with Gasteiger partial charge in [0.2, 0.25) is 0 Å². The molecule has 0 radical (unpaired) electrons. The average molecular weight is 399 g/mol. The van der Waals surface area contributed by atoms with Crippen LogP contribution in [0.3, 0.4) is 0 Å². The molecule has 0 aliphatic heterocycles. The van der Waals surface area contributed by atoms with Crippen molar-refractivity contribution in [3.63, 3.8) is 0 Å². The summed E-state index contributed by atoms with van der Waals surface area (Å²) in [5.74, 6) is 0.154. The monoisotopic (exact) mass is 398 g/mol. The van der Waals surface area contributed by atoms with Crippen LogP contribution in [-0.4, -0.2) is 22.1 Å². The van der Waals surface area contributed by atoms with E-state index in [4.69, 9.17) is 9.72 Å². The first-order valence-electron chi connectivity index (χ1n) is 9.50. The van der Waals surface area contributed by atoms with E-state index in [9.17, 15) is 9.59 Å². The van der Waals surface area contributed by atoms with Gasteiger partial charge in [0.25, 0.3) is 5.56 Å². The highest BCUT2D eigenvalue weighted by Crippen LogP contribution is 2.34. The molecule has 28 heavy (non-hydrogen) atoms. The highest BCUT2D eigenvalue weighted by atomic mass is 32.1. The number of benzene rings is 1. The van der Waals surface area contributed by atoms with Gasteiger partial charge in [0, 0.05) is 17.4 Å². The van der Waals surface area contributed by atoms with E-state index in [1.165, 1.54) is 21.5 Å². The predicted molar refractivity (Wildman–Crippen MR) is 114 cm³/mol. The van der Waals surface area contributed by atoms with E-state index in [1.54, 1.807) is 20.8 Å². The maximum atomic E-state index is 13.6. The Bertz CT molecular complexity index is 1110. The maximum absolute atomic E-state index is 13.6. The molecule has 0 saturated carbocycles. The van der Waals surface area contributed by atoms with Crippen LogP contribution in [0.4, 0.5) is 0 Å². The van der Waals surface area contributed by atoms with Crippen LogP contribution in [0.5, 0.6) is 0 Å². The SMILES string of the molecule is CCOC(=O)C(C)(C)n1c(CC)nc2scc(-c3ccc(C)cc3C)c2c1=O. The summed E-state index contributed by atoms with van der Waals surface area (Å²) in [7, 11) is 0. The lowest BCUT2D eigenvalue weighted by Gasteiger charge is -2.27. The molecule has 2 aromatic heterocycles. The quantitative estimate of drug-likeness (QED) is 0.589. The number of aromatic nitrogens is 2. The summed E-state index contributed by atoms with van der Waals surface area (Å²) in [6.07, 6.45) is 0.546. The average Bonchev–Trinajstić information content (AvgIpc) is 3.05. The van der Waals surface area contributed by atoms with E-state index in [2.05, 4.69) is 6.07 Å². The first kappa shape index (κ1) is 20.3. The van der Waals surface area contributed by atoms with Gasteiger partial charge in [0.15, 0.2) is 0 Å². The minimum absolute atomic E-state index is 0.198. The molecule has 0 aliphatic rings. The third kappa shape index (κ3) is 3.26. The largest absolute Gasteiger partial charge is 0.464 e. The summed E-state index contributed by atoms with van der Waals surface area (Å²) < 4.78 is 6.74. The summed E-state index contributed by atoms with van der Waals surface area (Å²) >= 11 is 1.46. The fraction of sp³-hybridized carbons (Fsp3) is 0.409. The first-order valence-corrected chi connectivity index (χ1v) is 10.4. The van der Waals surface area contributed by atoms with E-state index >= 15 is 0 Å². The summed E-state index contributed by atoms with van der Waals surface area (Å²) in [6, 6.07) is 6.19. The van der Waals surface area contributed by atoms with Crippen LogP contribution in [0.1, 0.15) is 44.6 Å². The summed E-state index contributed by atoms with van der Waals surface area (Å²) in [6.45, 7) is 11.5. The molecule has 0 aliphatic carbocycles. The summed E-state index contributed by atoms with van der Waals surface area (Å²) in [5, 5.41) is 2.55. The zero-order valence-electron chi connectivity index (χ0n) is 17.3. The molecule has 3 aromatic rings. The van der Waals surface area contributed by atoms with Crippen molar-refractivity contribution in [1.29, 1.82) is 0 Å². The number of rotatable bonds is 5. The lowest BCUT2D eigenvalue weighted by Crippen LogP contribution is -2.45. The Balaban J connectivity index is 2.33. The van der Waals surface area contributed by atoms with E-state index in [-0.39, 0.29) is 12.2 Å². The van der Waals surface area contributed by atoms with Crippen LogP contribution in [0, 0.1) is 13.8 Å². The van der Waals surface area contributed by atoms with Gasteiger partial charge in [-0.25, -0.2) is 9.78 Å². The number of hydrogen-bond donors (Lipinski definition) is 0. The molecule has 1 aromatic carbocycles. The van der Waals surface area contributed by atoms with Crippen molar-refractivity contribution in [2.24, 2.45) is 0 Å². The van der Waals surface area contributed by atoms with E-state index in [0.29, 0.717) is 22.5 Å². The zero-order valence-corrected chi connectivity index (χ0v) is 18.1. The number of thiophene rings is 1. The van der Waals surface area contributed by atoms with Crippen molar-refractivity contribution in [2.45, 2.75) is 53.5 Å². The van der Waals surface area contributed by atoms with Gasteiger partial charge in [-0.2, -0.15) is 0 Å². The maximum Gasteiger partial charge on any atom is 0.331 e. The van der Waals surface area contributed by atoms with Crippen molar-refractivity contribution < 1.29 is 9.53 Å². The molecule has 0 saturated heterocycles. The second-order valence-corrected chi connectivity index (χ2v) is 8.31. The van der Waals surface area contributed by atoms with E-state index < -0.39 is 11.5 Å². The molecular formula is C22H26N2O3S.